The molecule has 2 rings (SSSR count). The van der Waals surface area contributed by atoms with E-state index in [9.17, 15) is 13.2 Å². The van der Waals surface area contributed by atoms with E-state index in [2.05, 4.69) is 10.3 Å². The molecule has 0 amide bonds. The Labute approximate surface area is 124 Å². The largest absolute Gasteiger partial charge is 0.416 e. The molecule has 1 aromatic carbocycles. The Morgan fingerprint density at radius 2 is 2.00 bits per heavy atom. The van der Waals surface area contributed by atoms with Crippen LogP contribution in [0, 0.1) is 5.41 Å². The Hall–Kier alpha value is -1.34. The van der Waals surface area contributed by atoms with Gasteiger partial charge in [-0.15, -0.1) is 0 Å². The van der Waals surface area contributed by atoms with Crippen molar-refractivity contribution in [1.29, 1.82) is 0 Å². The summed E-state index contributed by atoms with van der Waals surface area (Å²) in [5.74, 6) is 0. The number of nitrogens with zero attached hydrogens (tertiary/aromatic N) is 1. The number of aliphatic hydroxyl groups excluding tert-OH is 1. The molecule has 0 saturated heterocycles. The molecular weight excluding hydrogens is 301 g/mol. The van der Waals surface area contributed by atoms with Crippen molar-refractivity contribution in [3.8, 4) is 0 Å². The minimum Gasteiger partial charge on any atom is -0.396 e. The number of fused-ring (bicyclic) bond motifs is 1. The summed E-state index contributed by atoms with van der Waals surface area (Å²) in [6.45, 7) is 4.71. The highest BCUT2D eigenvalue weighted by molar-refractivity contribution is 7.22. The van der Waals surface area contributed by atoms with Gasteiger partial charge < -0.3 is 10.4 Å². The SMILES string of the molecule is CC(C)(CCO)CNc1nc2cc(C(F)(F)F)ccc2s1. The summed E-state index contributed by atoms with van der Waals surface area (Å²) in [7, 11) is 0. The van der Waals surface area contributed by atoms with Gasteiger partial charge in [-0.2, -0.15) is 13.2 Å². The average molecular weight is 318 g/mol. The van der Waals surface area contributed by atoms with E-state index >= 15 is 0 Å². The number of benzene rings is 1. The van der Waals surface area contributed by atoms with Crippen molar-refractivity contribution < 1.29 is 18.3 Å². The van der Waals surface area contributed by atoms with Crippen molar-refractivity contribution in [2.45, 2.75) is 26.4 Å². The summed E-state index contributed by atoms with van der Waals surface area (Å²) in [4.78, 5) is 4.19. The summed E-state index contributed by atoms with van der Waals surface area (Å²) < 4.78 is 38.7. The summed E-state index contributed by atoms with van der Waals surface area (Å²) >= 11 is 1.32. The summed E-state index contributed by atoms with van der Waals surface area (Å²) in [6.07, 6.45) is -3.71. The third-order valence-corrected chi connectivity index (χ3v) is 4.22. The van der Waals surface area contributed by atoms with Crippen LogP contribution in [0.2, 0.25) is 0 Å². The van der Waals surface area contributed by atoms with E-state index in [0.717, 1.165) is 12.1 Å². The van der Waals surface area contributed by atoms with Crippen molar-refractivity contribution in [2.75, 3.05) is 18.5 Å². The van der Waals surface area contributed by atoms with Crippen molar-refractivity contribution >= 4 is 26.7 Å². The predicted octanol–water partition coefficient (Wildman–Crippen LogP) is 4.14. The van der Waals surface area contributed by atoms with Gasteiger partial charge in [0.2, 0.25) is 0 Å². The van der Waals surface area contributed by atoms with Crippen LogP contribution in [-0.2, 0) is 6.18 Å². The van der Waals surface area contributed by atoms with Crippen LogP contribution in [0.4, 0.5) is 18.3 Å². The molecule has 0 radical (unpaired) electrons. The smallest absolute Gasteiger partial charge is 0.396 e. The lowest BCUT2D eigenvalue weighted by Crippen LogP contribution is -2.24. The molecule has 0 spiro atoms. The van der Waals surface area contributed by atoms with Crippen LogP contribution in [0.3, 0.4) is 0 Å². The van der Waals surface area contributed by atoms with Crippen molar-refractivity contribution in [3.05, 3.63) is 23.8 Å². The summed E-state index contributed by atoms with van der Waals surface area (Å²) in [5, 5.41) is 12.7. The van der Waals surface area contributed by atoms with Gasteiger partial charge in [-0.25, -0.2) is 4.98 Å². The molecule has 2 N–H and O–H groups in total. The molecular formula is C14H17F3N2OS. The van der Waals surface area contributed by atoms with Crippen LogP contribution in [0.15, 0.2) is 18.2 Å². The maximum Gasteiger partial charge on any atom is 0.416 e. The Bertz CT molecular complexity index is 622. The van der Waals surface area contributed by atoms with Gasteiger partial charge in [-0.05, 0) is 30.0 Å². The van der Waals surface area contributed by atoms with E-state index in [4.69, 9.17) is 5.11 Å². The summed E-state index contributed by atoms with van der Waals surface area (Å²) in [6, 6.07) is 3.58. The Morgan fingerprint density at radius 1 is 1.29 bits per heavy atom. The van der Waals surface area contributed by atoms with Crippen molar-refractivity contribution in [3.63, 3.8) is 0 Å². The monoisotopic (exact) mass is 318 g/mol. The number of rotatable bonds is 5. The third-order valence-electron chi connectivity index (χ3n) is 3.22. The molecule has 0 aliphatic rings. The molecule has 7 heteroatoms. The summed E-state index contributed by atoms with van der Waals surface area (Å²) in [5.41, 5.74) is -0.450. The number of anilines is 1. The van der Waals surface area contributed by atoms with Crippen LogP contribution >= 0.6 is 11.3 Å². The van der Waals surface area contributed by atoms with E-state index < -0.39 is 11.7 Å². The maximum atomic E-state index is 12.6. The molecule has 0 unspecified atom stereocenters. The fourth-order valence-corrected chi connectivity index (χ4v) is 2.73. The number of hydrogen-bond acceptors (Lipinski definition) is 4. The molecule has 116 valence electrons. The van der Waals surface area contributed by atoms with Crippen LogP contribution in [0.25, 0.3) is 10.2 Å². The zero-order valence-corrected chi connectivity index (χ0v) is 12.6. The average Bonchev–Trinajstić information content (AvgIpc) is 2.77. The number of hydrogen-bond donors (Lipinski definition) is 2. The minimum atomic E-state index is -4.35. The lowest BCUT2D eigenvalue weighted by Gasteiger charge is -2.23. The second kappa shape index (κ2) is 5.81. The molecule has 0 bridgehead atoms. The number of aromatic nitrogens is 1. The second-order valence-electron chi connectivity index (χ2n) is 5.69. The molecule has 0 fully saturated rings. The van der Waals surface area contributed by atoms with Crippen molar-refractivity contribution in [1.82, 2.24) is 4.98 Å². The Balaban J connectivity index is 2.16. The quantitative estimate of drug-likeness (QED) is 0.871. The van der Waals surface area contributed by atoms with E-state index in [1.165, 1.54) is 17.4 Å². The normalized spacial score (nSPS) is 12.9. The zero-order valence-electron chi connectivity index (χ0n) is 11.8. The second-order valence-corrected chi connectivity index (χ2v) is 6.72. The van der Waals surface area contributed by atoms with E-state index in [1.54, 1.807) is 0 Å². The van der Waals surface area contributed by atoms with Crippen LogP contribution in [0.1, 0.15) is 25.8 Å². The number of nitrogens with one attached hydrogen (secondary N) is 1. The highest BCUT2D eigenvalue weighted by Crippen LogP contribution is 2.34. The first kappa shape index (κ1) is 16.0. The molecule has 1 aromatic heterocycles. The first-order valence-corrected chi connectivity index (χ1v) is 7.35. The number of aliphatic hydroxyl groups is 1. The van der Waals surface area contributed by atoms with E-state index in [1.807, 2.05) is 13.8 Å². The molecule has 0 saturated carbocycles. The lowest BCUT2D eigenvalue weighted by molar-refractivity contribution is -0.137. The minimum absolute atomic E-state index is 0.101. The predicted molar refractivity (Wildman–Crippen MR) is 78.6 cm³/mol. The van der Waals surface area contributed by atoms with Crippen LogP contribution < -0.4 is 5.32 Å². The number of thiazole rings is 1. The number of alkyl halides is 3. The van der Waals surface area contributed by atoms with Gasteiger partial charge >= 0.3 is 6.18 Å². The fourth-order valence-electron chi connectivity index (χ4n) is 1.89. The van der Waals surface area contributed by atoms with E-state index in [0.29, 0.717) is 28.3 Å². The molecule has 3 nitrogen and oxygen atoms in total. The fraction of sp³-hybridized carbons (Fsp3) is 0.500. The Kier molecular flexibility index (Phi) is 4.43. The molecule has 0 aliphatic heterocycles. The zero-order chi connectivity index (χ0) is 15.7. The van der Waals surface area contributed by atoms with Crippen molar-refractivity contribution in [2.24, 2.45) is 5.41 Å². The van der Waals surface area contributed by atoms with Gasteiger partial charge in [0.1, 0.15) is 0 Å². The van der Waals surface area contributed by atoms with Gasteiger partial charge in [0.05, 0.1) is 15.8 Å². The standard InChI is InChI=1S/C14H17F3N2OS/c1-13(2,5-6-20)8-18-12-19-10-7-9(14(15,16)17)3-4-11(10)21-12/h3-4,7,20H,5-6,8H2,1-2H3,(H,18,19). The first-order valence-electron chi connectivity index (χ1n) is 6.54. The molecule has 0 atom stereocenters. The maximum absolute atomic E-state index is 12.6. The van der Waals surface area contributed by atoms with Gasteiger partial charge in [0.15, 0.2) is 5.13 Å². The van der Waals surface area contributed by atoms with Crippen LogP contribution in [-0.4, -0.2) is 23.2 Å². The third kappa shape index (κ3) is 4.07. The molecule has 2 aromatic rings. The highest BCUT2D eigenvalue weighted by atomic mass is 32.1. The van der Waals surface area contributed by atoms with Gasteiger partial charge in [0, 0.05) is 13.2 Å². The lowest BCUT2D eigenvalue weighted by atomic mass is 9.90. The van der Waals surface area contributed by atoms with E-state index in [-0.39, 0.29) is 12.0 Å². The topological polar surface area (TPSA) is 45.1 Å². The first-order chi connectivity index (χ1) is 9.71. The van der Waals surface area contributed by atoms with Gasteiger partial charge in [-0.1, -0.05) is 25.2 Å². The number of halogens is 3. The van der Waals surface area contributed by atoms with Crippen LogP contribution in [0.5, 0.6) is 0 Å². The van der Waals surface area contributed by atoms with Gasteiger partial charge in [-0.3, -0.25) is 0 Å². The Morgan fingerprint density at radius 3 is 2.62 bits per heavy atom. The van der Waals surface area contributed by atoms with Gasteiger partial charge in [0.25, 0.3) is 0 Å². The molecule has 21 heavy (non-hydrogen) atoms. The highest BCUT2D eigenvalue weighted by Gasteiger charge is 2.30. The molecule has 0 aliphatic carbocycles. The molecule has 1 heterocycles.